The molecule has 30 heavy (non-hydrogen) atoms. The molecule has 0 saturated heterocycles. The molecule has 2 aromatic heterocycles. The summed E-state index contributed by atoms with van der Waals surface area (Å²) in [6.45, 7) is 6.34. The predicted molar refractivity (Wildman–Crippen MR) is 114 cm³/mol. The highest BCUT2D eigenvalue weighted by atomic mass is 16.5. The maximum absolute atomic E-state index is 12.4. The number of nitrogens with two attached hydrogens (primary N) is 1. The molecule has 0 atom stereocenters. The highest BCUT2D eigenvalue weighted by molar-refractivity contribution is 5.99. The Balaban J connectivity index is 1.56. The number of nitrogens with zero attached hydrogens (tertiary/aromatic N) is 2. The normalized spacial score (nSPS) is 11.2. The molecule has 0 aliphatic carbocycles. The SMILES string of the molecule is CC(C)(C)c1cc(NC(=O)Nc2ccc(CC(=O)c3cc(CN)ccn3)cc2)no1. The van der Waals surface area contributed by atoms with Crippen LogP contribution in [0.2, 0.25) is 0 Å². The third-order valence-corrected chi connectivity index (χ3v) is 4.41. The van der Waals surface area contributed by atoms with Gasteiger partial charge >= 0.3 is 6.03 Å². The summed E-state index contributed by atoms with van der Waals surface area (Å²) in [5.41, 5.74) is 8.07. The van der Waals surface area contributed by atoms with Crippen LogP contribution in [0.5, 0.6) is 0 Å². The van der Waals surface area contributed by atoms with Gasteiger partial charge in [-0.1, -0.05) is 38.1 Å². The second-order valence-electron chi connectivity index (χ2n) is 7.96. The predicted octanol–water partition coefficient (Wildman–Crippen LogP) is 3.90. The Hall–Kier alpha value is -3.52. The summed E-state index contributed by atoms with van der Waals surface area (Å²) in [6.07, 6.45) is 1.79. The Morgan fingerprint density at radius 3 is 2.40 bits per heavy atom. The number of Topliss-reactive ketones (excluding diaryl/α,β-unsaturated/α-hetero) is 1. The van der Waals surface area contributed by atoms with Crippen LogP contribution in [0.25, 0.3) is 0 Å². The van der Waals surface area contributed by atoms with Crippen molar-refractivity contribution in [2.24, 2.45) is 5.73 Å². The molecule has 8 nitrogen and oxygen atoms in total. The average molecular weight is 407 g/mol. The molecule has 156 valence electrons. The molecule has 1 aromatic carbocycles. The van der Waals surface area contributed by atoms with Crippen molar-refractivity contribution in [3.8, 4) is 0 Å². The van der Waals surface area contributed by atoms with Gasteiger partial charge in [0.1, 0.15) is 11.5 Å². The lowest BCUT2D eigenvalue weighted by Crippen LogP contribution is -2.19. The van der Waals surface area contributed by atoms with Gasteiger partial charge in [0.05, 0.1) is 0 Å². The molecule has 4 N–H and O–H groups in total. The molecule has 3 aromatic rings. The number of aromatic nitrogens is 2. The van der Waals surface area contributed by atoms with Gasteiger partial charge in [0, 0.05) is 36.3 Å². The topological polar surface area (TPSA) is 123 Å². The number of benzene rings is 1. The zero-order valence-corrected chi connectivity index (χ0v) is 17.2. The van der Waals surface area contributed by atoms with E-state index in [1.807, 2.05) is 20.8 Å². The number of carbonyl (C=O) groups excluding carboxylic acids is 2. The number of pyridine rings is 1. The van der Waals surface area contributed by atoms with Crippen molar-refractivity contribution in [3.05, 3.63) is 71.2 Å². The molecule has 0 aliphatic rings. The fraction of sp³-hybridized carbons (Fsp3) is 0.273. The van der Waals surface area contributed by atoms with Gasteiger partial charge in [-0.15, -0.1) is 0 Å². The van der Waals surface area contributed by atoms with Crippen LogP contribution in [0, 0.1) is 0 Å². The molecule has 0 bridgehead atoms. The van der Waals surface area contributed by atoms with E-state index in [-0.39, 0.29) is 17.6 Å². The van der Waals surface area contributed by atoms with Crippen LogP contribution in [0.15, 0.2) is 53.2 Å². The molecule has 0 unspecified atom stereocenters. The Morgan fingerprint density at radius 1 is 1.03 bits per heavy atom. The number of hydrogen-bond donors (Lipinski definition) is 3. The molecule has 8 heteroatoms. The number of anilines is 2. The molecule has 0 aliphatic heterocycles. The molecular formula is C22H25N5O3. The molecule has 0 saturated carbocycles. The molecule has 0 spiro atoms. The van der Waals surface area contributed by atoms with Crippen molar-refractivity contribution in [2.45, 2.75) is 39.2 Å². The lowest BCUT2D eigenvalue weighted by Gasteiger charge is -2.12. The average Bonchev–Trinajstić information content (AvgIpc) is 3.18. The maximum atomic E-state index is 12.4. The zero-order chi connectivity index (χ0) is 21.7. The van der Waals surface area contributed by atoms with Gasteiger partial charge in [0.25, 0.3) is 0 Å². The second kappa shape index (κ2) is 8.87. The summed E-state index contributed by atoms with van der Waals surface area (Å²) in [6, 6.07) is 11.8. The molecule has 2 amide bonds. The summed E-state index contributed by atoms with van der Waals surface area (Å²) in [7, 11) is 0. The van der Waals surface area contributed by atoms with E-state index in [2.05, 4.69) is 20.8 Å². The standard InChI is InChI=1S/C22H25N5O3/c1-22(2,3)19-12-20(27-30-19)26-21(29)25-16-6-4-14(5-7-16)11-18(28)17-10-15(13-23)8-9-24-17/h4-10,12H,11,13,23H2,1-3H3,(H2,25,26,27,29). The number of amides is 2. The van der Waals surface area contributed by atoms with E-state index in [0.717, 1.165) is 11.1 Å². The first-order valence-corrected chi connectivity index (χ1v) is 9.57. The van der Waals surface area contributed by atoms with Crippen LogP contribution >= 0.6 is 0 Å². The lowest BCUT2D eigenvalue weighted by atomic mass is 9.93. The number of ketones is 1. The first kappa shape index (κ1) is 21.2. The molecule has 0 radical (unpaired) electrons. The van der Waals surface area contributed by atoms with E-state index in [1.54, 1.807) is 48.7 Å². The maximum Gasteiger partial charge on any atom is 0.324 e. The van der Waals surface area contributed by atoms with E-state index in [4.69, 9.17) is 10.3 Å². The van der Waals surface area contributed by atoms with E-state index in [0.29, 0.717) is 29.5 Å². The minimum absolute atomic E-state index is 0.0931. The number of rotatable bonds is 6. The second-order valence-corrected chi connectivity index (χ2v) is 7.96. The number of carbonyl (C=O) groups is 2. The van der Waals surface area contributed by atoms with E-state index in [1.165, 1.54) is 0 Å². The monoisotopic (exact) mass is 407 g/mol. The van der Waals surface area contributed by atoms with Crippen molar-refractivity contribution in [1.82, 2.24) is 10.1 Å². The molecule has 0 fully saturated rings. The smallest absolute Gasteiger partial charge is 0.324 e. The first-order chi connectivity index (χ1) is 14.2. The number of nitrogens with one attached hydrogen (secondary N) is 2. The van der Waals surface area contributed by atoms with E-state index >= 15 is 0 Å². The number of urea groups is 1. The fourth-order valence-electron chi connectivity index (χ4n) is 2.70. The molecular weight excluding hydrogens is 382 g/mol. The molecule has 2 heterocycles. The van der Waals surface area contributed by atoms with Gasteiger partial charge in [-0.2, -0.15) is 0 Å². The van der Waals surface area contributed by atoms with Crippen LogP contribution in [0.1, 0.15) is 48.1 Å². The third-order valence-electron chi connectivity index (χ3n) is 4.41. The van der Waals surface area contributed by atoms with Crippen LogP contribution in [-0.4, -0.2) is 22.0 Å². The van der Waals surface area contributed by atoms with Crippen molar-refractivity contribution >= 4 is 23.3 Å². The van der Waals surface area contributed by atoms with Gasteiger partial charge in [-0.3, -0.25) is 15.1 Å². The summed E-state index contributed by atoms with van der Waals surface area (Å²) < 4.78 is 5.25. The summed E-state index contributed by atoms with van der Waals surface area (Å²) in [4.78, 5) is 28.7. The Kier molecular flexibility index (Phi) is 6.27. The highest BCUT2D eigenvalue weighted by Crippen LogP contribution is 2.24. The first-order valence-electron chi connectivity index (χ1n) is 9.57. The minimum atomic E-state index is -0.435. The van der Waals surface area contributed by atoms with Crippen LogP contribution in [-0.2, 0) is 18.4 Å². The van der Waals surface area contributed by atoms with Crippen molar-refractivity contribution in [2.75, 3.05) is 10.6 Å². The number of hydrogen-bond acceptors (Lipinski definition) is 6. The van der Waals surface area contributed by atoms with E-state index < -0.39 is 6.03 Å². The third kappa shape index (κ3) is 5.51. The van der Waals surface area contributed by atoms with Gasteiger partial charge in [-0.05, 0) is 35.4 Å². The highest BCUT2D eigenvalue weighted by Gasteiger charge is 2.20. The van der Waals surface area contributed by atoms with Gasteiger partial charge in [0.2, 0.25) is 0 Å². The van der Waals surface area contributed by atoms with Crippen LogP contribution in [0.3, 0.4) is 0 Å². The Bertz CT molecular complexity index is 1040. The Labute approximate surface area is 174 Å². The van der Waals surface area contributed by atoms with Crippen molar-refractivity contribution in [3.63, 3.8) is 0 Å². The van der Waals surface area contributed by atoms with Crippen LogP contribution < -0.4 is 16.4 Å². The summed E-state index contributed by atoms with van der Waals surface area (Å²) in [5.74, 6) is 0.926. The van der Waals surface area contributed by atoms with E-state index in [9.17, 15) is 9.59 Å². The van der Waals surface area contributed by atoms with Crippen molar-refractivity contribution < 1.29 is 14.1 Å². The minimum Gasteiger partial charge on any atom is -0.359 e. The van der Waals surface area contributed by atoms with Crippen LogP contribution in [0.4, 0.5) is 16.3 Å². The largest absolute Gasteiger partial charge is 0.359 e. The summed E-state index contributed by atoms with van der Waals surface area (Å²) in [5, 5.41) is 9.21. The molecule has 3 rings (SSSR count). The van der Waals surface area contributed by atoms with Gasteiger partial charge in [0.15, 0.2) is 11.6 Å². The zero-order valence-electron chi connectivity index (χ0n) is 17.2. The van der Waals surface area contributed by atoms with Gasteiger partial charge in [-0.25, -0.2) is 4.79 Å². The lowest BCUT2D eigenvalue weighted by molar-refractivity contribution is 0.0988. The fourth-order valence-corrected chi connectivity index (χ4v) is 2.70. The van der Waals surface area contributed by atoms with Gasteiger partial charge < -0.3 is 15.6 Å². The summed E-state index contributed by atoms with van der Waals surface area (Å²) >= 11 is 0. The Morgan fingerprint density at radius 2 is 1.77 bits per heavy atom. The van der Waals surface area contributed by atoms with Crippen molar-refractivity contribution in [1.29, 1.82) is 0 Å². The quantitative estimate of drug-likeness (QED) is 0.533.